The van der Waals surface area contributed by atoms with Crippen LogP contribution in [0.5, 0.6) is 0 Å². The Hall–Kier alpha value is 0.0544. The van der Waals surface area contributed by atoms with Crippen molar-refractivity contribution in [3.05, 3.63) is 14.9 Å². The number of amides is 1. The van der Waals surface area contributed by atoms with Gasteiger partial charge in [0.05, 0.1) is 0 Å². The van der Waals surface area contributed by atoms with E-state index >= 15 is 0 Å². The minimum atomic E-state index is 0. The van der Waals surface area contributed by atoms with Crippen molar-refractivity contribution in [3.8, 4) is 0 Å². The van der Waals surface area contributed by atoms with E-state index in [9.17, 15) is 0 Å². The second-order valence-corrected chi connectivity index (χ2v) is 0.352. The number of hydrogen-bond donors (Lipinski definition) is 1. The van der Waals surface area contributed by atoms with Crippen LogP contribution in [0.4, 0.5) is 0 Å². The first-order valence-electron chi connectivity index (χ1n) is 0.954. The molecule has 0 heterocycles. The second kappa shape index (κ2) is 36.6. The van der Waals surface area contributed by atoms with Crippen LogP contribution >= 0.6 is 0 Å². The van der Waals surface area contributed by atoms with Crippen molar-refractivity contribution in [2.75, 3.05) is 7.05 Å². The zero-order valence-electron chi connectivity index (χ0n) is 4.86. The molecule has 0 aromatic rings. The van der Waals surface area contributed by atoms with Crippen LogP contribution in [0.2, 0.25) is 0 Å². The molecule has 0 atom stereocenters. The van der Waals surface area contributed by atoms with Gasteiger partial charge in [-0.2, -0.15) is 6.41 Å². The van der Waals surface area contributed by atoms with Gasteiger partial charge >= 0.3 is 0 Å². The van der Waals surface area contributed by atoms with Crippen molar-refractivity contribution in [3.63, 3.8) is 0 Å². The summed E-state index contributed by atoms with van der Waals surface area (Å²) in [5, 5.41) is 2.12. The smallest absolute Gasteiger partial charge is 0 e. The molecule has 0 aliphatic rings. The van der Waals surface area contributed by atoms with E-state index < -0.39 is 0 Å². The van der Waals surface area contributed by atoms with Crippen molar-refractivity contribution >= 4 is 6.41 Å². The monoisotopic (exact) mass is 139 g/mol. The maximum absolute atomic E-state index is 8.94. The van der Waals surface area contributed by atoms with Crippen molar-refractivity contribution in [1.29, 1.82) is 0 Å². The number of hydrogen-bond acceptors (Lipinski definition) is 1. The van der Waals surface area contributed by atoms with Crippen molar-refractivity contribution < 1.29 is 23.4 Å². The van der Waals surface area contributed by atoms with Crippen LogP contribution in [0.25, 0.3) is 0 Å². The molecule has 0 aliphatic heterocycles. The SMILES string of the molecule is CN[C-]=O.[CH3-].[CH3-].[V]. The van der Waals surface area contributed by atoms with Gasteiger partial charge in [-0.15, -0.1) is 0 Å². The zero-order valence-corrected chi connectivity index (χ0v) is 6.25. The maximum atomic E-state index is 8.94. The second-order valence-electron chi connectivity index (χ2n) is 0.352. The Morgan fingerprint density at radius 1 is 1.43 bits per heavy atom. The molecule has 0 fully saturated rings. The Morgan fingerprint density at radius 3 is 1.57 bits per heavy atom. The van der Waals surface area contributed by atoms with Crippen LogP contribution < -0.4 is 5.32 Å². The first-order chi connectivity index (χ1) is 1.91. The Balaban J connectivity index is -0.0000000150. The minimum Gasteiger partial charge on any atom is -0.532 e. The summed E-state index contributed by atoms with van der Waals surface area (Å²) < 4.78 is 0. The topological polar surface area (TPSA) is 29.1 Å². The first-order valence-corrected chi connectivity index (χ1v) is 0.954. The van der Waals surface area contributed by atoms with E-state index in [4.69, 9.17) is 4.79 Å². The van der Waals surface area contributed by atoms with Crippen molar-refractivity contribution in [2.24, 2.45) is 0 Å². The fraction of sp³-hybridized carbons (Fsp3) is 0.250. The number of rotatable bonds is 1. The third-order valence-electron chi connectivity index (χ3n) is 0.102. The average Bonchev–Trinajstić information content (AvgIpc) is 1.37. The summed E-state index contributed by atoms with van der Waals surface area (Å²) in [4.78, 5) is 8.94. The van der Waals surface area contributed by atoms with Crippen LogP contribution in [0.3, 0.4) is 0 Å². The Labute approximate surface area is 57.6 Å². The fourth-order valence-corrected chi connectivity index (χ4v) is 0. The predicted octanol–water partition coefficient (Wildman–Crippen LogP) is 0.171. The van der Waals surface area contributed by atoms with Gasteiger partial charge in [0, 0.05) is 18.6 Å². The van der Waals surface area contributed by atoms with Gasteiger partial charge < -0.3 is 25.0 Å². The van der Waals surface area contributed by atoms with Crippen molar-refractivity contribution in [2.45, 2.75) is 0 Å². The molecule has 2 nitrogen and oxygen atoms in total. The quantitative estimate of drug-likeness (QED) is 0.407. The fourth-order valence-electron chi connectivity index (χ4n) is 0. The third-order valence-corrected chi connectivity index (χ3v) is 0.102. The summed E-state index contributed by atoms with van der Waals surface area (Å²) in [6, 6.07) is 0. The van der Waals surface area contributed by atoms with E-state index in [0.29, 0.717) is 0 Å². The first kappa shape index (κ1) is 27.7. The molecule has 0 rings (SSSR count). The van der Waals surface area contributed by atoms with Gasteiger partial charge in [0.2, 0.25) is 0 Å². The summed E-state index contributed by atoms with van der Waals surface area (Å²) >= 11 is 0. The van der Waals surface area contributed by atoms with Gasteiger partial charge in [0.15, 0.2) is 0 Å². The molecule has 1 amide bonds. The van der Waals surface area contributed by atoms with E-state index in [-0.39, 0.29) is 33.4 Å². The molecule has 1 radical (unpaired) electrons. The molecule has 0 saturated carbocycles. The summed E-state index contributed by atoms with van der Waals surface area (Å²) in [6.45, 7) is 0. The zero-order chi connectivity index (χ0) is 3.41. The molecule has 0 aromatic carbocycles. The van der Waals surface area contributed by atoms with Gasteiger partial charge in [-0.3, -0.25) is 0 Å². The Bertz CT molecular complexity index is 25.7. The van der Waals surface area contributed by atoms with Crippen LogP contribution in [-0.4, -0.2) is 13.5 Å². The van der Waals surface area contributed by atoms with E-state index in [0.717, 1.165) is 0 Å². The van der Waals surface area contributed by atoms with E-state index in [1.54, 1.807) is 0 Å². The van der Waals surface area contributed by atoms with Crippen LogP contribution in [0.15, 0.2) is 0 Å². The molecular weight excluding hydrogens is 129 g/mol. The molecule has 0 aromatic heterocycles. The third kappa shape index (κ3) is 89.5. The number of nitrogens with one attached hydrogen (secondary N) is 1. The van der Waals surface area contributed by atoms with Crippen LogP contribution in [-0.2, 0) is 23.4 Å². The molecule has 0 bridgehead atoms. The number of carbonyl (C=O) groups excluding carboxylic acids is 1. The van der Waals surface area contributed by atoms with Crippen LogP contribution in [0.1, 0.15) is 0 Å². The molecule has 0 saturated heterocycles. The molecule has 45 valence electrons. The molecule has 7 heavy (non-hydrogen) atoms. The molecule has 0 spiro atoms. The molecule has 0 aliphatic carbocycles. The van der Waals surface area contributed by atoms with Gasteiger partial charge in [0.25, 0.3) is 0 Å². The van der Waals surface area contributed by atoms with Gasteiger partial charge in [-0.25, -0.2) is 0 Å². The Morgan fingerprint density at radius 2 is 1.57 bits per heavy atom. The largest absolute Gasteiger partial charge is 0.532 e. The Kier molecular flexibility index (Phi) is 145. The molecule has 0 unspecified atom stereocenters. The standard InChI is InChI=1S/C2H4NO.2CH3.V/c1-3-2-4;;;/h1H3,(H,3,4);2*1H3;/q3*-1;. The normalized spacial score (nSPS) is 3.00. The van der Waals surface area contributed by atoms with Gasteiger partial charge in [-0.1, -0.05) is 0 Å². The summed E-state index contributed by atoms with van der Waals surface area (Å²) in [5.74, 6) is 0. The van der Waals surface area contributed by atoms with Gasteiger partial charge in [0.1, 0.15) is 0 Å². The maximum Gasteiger partial charge on any atom is 0 e. The van der Waals surface area contributed by atoms with E-state index in [2.05, 4.69) is 5.32 Å². The van der Waals surface area contributed by atoms with Gasteiger partial charge in [-0.05, 0) is 7.05 Å². The van der Waals surface area contributed by atoms with Crippen LogP contribution in [0, 0.1) is 14.9 Å². The average molecular weight is 139 g/mol. The predicted molar refractivity (Wildman–Crippen MR) is 27.6 cm³/mol. The molecule has 1 N–H and O–H groups in total. The summed E-state index contributed by atoms with van der Waals surface area (Å²) in [7, 11) is 1.51. The van der Waals surface area contributed by atoms with E-state index in [1.807, 2.05) is 0 Å². The minimum absolute atomic E-state index is 0. The summed E-state index contributed by atoms with van der Waals surface area (Å²) in [5.41, 5.74) is 0. The van der Waals surface area contributed by atoms with E-state index in [1.165, 1.54) is 13.5 Å². The molecular formula is C4H10NOV-3. The van der Waals surface area contributed by atoms with Crippen molar-refractivity contribution in [1.82, 2.24) is 5.32 Å². The molecule has 3 heteroatoms. The summed E-state index contributed by atoms with van der Waals surface area (Å²) in [6.07, 6.45) is 1.43.